The van der Waals surface area contributed by atoms with Crippen LogP contribution in [0, 0.1) is 5.82 Å². The summed E-state index contributed by atoms with van der Waals surface area (Å²) in [4.78, 5) is 4.13. The Labute approximate surface area is 159 Å². The molecule has 2 atom stereocenters. The van der Waals surface area contributed by atoms with Gasteiger partial charge < -0.3 is 15.2 Å². The molecule has 1 saturated heterocycles. The average Bonchev–Trinajstić information content (AvgIpc) is 3.00. The summed E-state index contributed by atoms with van der Waals surface area (Å²) in [6.07, 6.45) is -1.46. The van der Waals surface area contributed by atoms with E-state index in [1.807, 2.05) is 0 Å². The lowest BCUT2D eigenvalue weighted by Crippen LogP contribution is -2.42. The van der Waals surface area contributed by atoms with Gasteiger partial charge in [0.05, 0.1) is 30.6 Å². The van der Waals surface area contributed by atoms with Crippen LogP contribution in [-0.4, -0.2) is 51.5 Å². The highest BCUT2D eigenvalue weighted by molar-refractivity contribution is 5.67. The lowest BCUT2D eigenvalue weighted by atomic mass is 10.1. The number of aliphatic hydroxyl groups is 1. The summed E-state index contributed by atoms with van der Waals surface area (Å²) in [6.45, 7) is 0.750. The van der Waals surface area contributed by atoms with Crippen molar-refractivity contribution in [1.82, 2.24) is 14.6 Å². The van der Waals surface area contributed by atoms with E-state index in [0.717, 1.165) is 0 Å². The molecule has 2 aromatic heterocycles. The van der Waals surface area contributed by atoms with Gasteiger partial charge in [0.1, 0.15) is 5.52 Å². The monoisotopic (exact) mass is 392 g/mol. The van der Waals surface area contributed by atoms with Crippen molar-refractivity contribution < 1.29 is 23.0 Å². The van der Waals surface area contributed by atoms with E-state index >= 15 is 0 Å². The van der Waals surface area contributed by atoms with Gasteiger partial charge in [-0.25, -0.2) is 22.7 Å². The van der Waals surface area contributed by atoms with Crippen molar-refractivity contribution in [2.75, 3.05) is 18.5 Å². The van der Waals surface area contributed by atoms with Crippen LogP contribution < -0.4 is 5.32 Å². The van der Waals surface area contributed by atoms with E-state index < -0.39 is 18.3 Å². The minimum atomic E-state index is -2.42. The average molecular weight is 392 g/mol. The Morgan fingerprint density at radius 2 is 2.07 bits per heavy atom. The number of aliphatic hydroxyl groups excluding tert-OH is 1. The van der Waals surface area contributed by atoms with Crippen LogP contribution in [0.1, 0.15) is 12.0 Å². The lowest BCUT2D eigenvalue weighted by molar-refractivity contribution is -0.0136. The summed E-state index contributed by atoms with van der Waals surface area (Å²) in [5, 5.41) is 17.4. The molecule has 1 fully saturated rings. The third-order valence-electron chi connectivity index (χ3n) is 4.75. The number of rotatable bonds is 5. The van der Waals surface area contributed by atoms with Crippen molar-refractivity contribution in [3.63, 3.8) is 0 Å². The van der Waals surface area contributed by atoms with Crippen molar-refractivity contribution in [3.05, 3.63) is 47.9 Å². The molecule has 0 amide bonds. The molecule has 148 valence electrons. The van der Waals surface area contributed by atoms with Crippen molar-refractivity contribution >= 4 is 11.5 Å². The molecule has 0 spiro atoms. The van der Waals surface area contributed by atoms with Crippen LogP contribution in [0.2, 0.25) is 0 Å². The molecule has 2 N–H and O–H groups in total. The van der Waals surface area contributed by atoms with Crippen LogP contribution >= 0.6 is 0 Å². The highest BCUT2D eigenvalue weighted by Gasteiger charge is 2.24. The first-order chi connectivity index (χ1) is 13.5. The minimum Gasteiger partial charge on any atom is -0.389 e. The largest absolute Gasteiger partial charge is 0.389 e. The molecule has 6 nitrogen and oxygen atoms in total. The summed E-state index contributed by atoms with van der Waals surface area (Å²) < 4.78 is 46.0. The normalized spacial score (nSPS) is 20.0. The van der Waals surface area contributed by atoms with Gasteiger partial charge in [0.2, 0.25) is 12.4 Å². The van der Waals surface area contributed by atoms with E-state index in [9.17, 15) is 18.3 Å². The van der Waals surface area contributed by atoms with E-state index in [-0.39, 0.29) is 30.5 Å². The third kappa shape index (κ3) is 3.81. The molecule has 1 aliphatic rings. The molecule has 1 aliphatic heterocycles. The van der Waals surface area contributed by atoms with E-state index in [0.29, 0.717) is 29.8 Å². The third-order valence-corrected chi connectivity index (χ3v) is 4.75. The first kappa shape index (κ1) is 18.7. The molecule has 0 bridgehead atoms. The SMILES string of the molecule is O[C@@H]1COCC[C@H]1Nc1ncc2c(F)cc(-c3ccc(CC(F)F)cc3)n2n1. The molecule has 4 rings (SSSR count). The lowest BCUT2D eigenvalue weighted by Gasteiger charge is -2.28. The molecule has 9 heteroatoms. The second-order valence-electron chi connectivity index (χ2n) is 6.73. The van der Waals surface area contributed by atoms with E-state index in [2.05, 4.69) is 15.4 Å². The van der Waals surface area contributed by atoms with Gasteiger partial charge in [0, 0.05) is 24.7 Å². The summed E-state index contributed by atoms with van der Waals surface area (Å²) in [5.74, 6) is -0.228. The van der Waals surface area contributed by atoms with E-state index in [4.69, 9.17) is 4.74 Å². The summed E-state index contributed by atoms with van der Waals surface area (Å²) >= 11 is 0. The number of hydrogen-bond acceptors (Lipinski definition) is 5. The standard InChI is InChI=1S/C19H19F3N4O2/c20-13-8-15(12-3-1-11(2-4-12)7-18(21)22)26-16(13)9-23-19(25-26)24-14-5-6-28-10-17(14)27/h1-4,8-9,14,17-18,27H,5-7,10H2,(H,24,25)/t14-,17-/m1/s1. The Morgan fingerprint density at radius 1 is 1.29 bits per heavy atom. The van der Waals surface area contributed by atoms with Gasteiger partial charge in [-0.05, 0) is 12.0 Å². The van der Waals surface area contributed by atoms with E-state index in [1.54, 1.807) is 24.3 Å². The number of ether oxygens (including phenoxy) is 1. The topological polar surface area (TPSA) is 71.7 Å². The van der Waals surface area contributed by atoms with Gasteiger partial charge in [-0.3, -0.25) is 0 Å². The molecule has 0 aliphatic carbocycles. The molecule has 0 saturated carbocycles. The predicted molar refractivity (Wildman–Crippen MR) is 96.9 cm³/mol. The first-order valence-electron chi connectivity index (χ1n) is 8.95. The smallest absolute Gasteiger partial charge is 0.242 e. The fourth-order valence-corrected chi connectivity index (χ4v) is 3.27. The van der Waals surface area contributed by atoms with Crippen LogP contribution in [0.4, 0.5) is 19.1 Å². The van der Waals surface area contributed by atoms with Gasteiger partial charge in [-0.2, -0.15) is 0 Å². The minimum absolute atomic E-state index is 0.199. The second-order valence-corrected chi connectivity index (χ2v) is 6.73. The van der Waals surface area contributed by atoms with Crippen LogP contribution in [-0.2, 0) is 11.2 Å². The second kappa shape index (κ2) is 7.76. The van der Waals surface area contributed by atoms with Crippen molar-refractivity contribution in [3.8, 4) is 11.3 Å². The Balaban J connectivity index is 1.65. The maximum Gasteiger partial charge on any atom is 0.242 e. The van der Waals surface area contributed by atoms with Crippen molar-refractivity contribution in [2.45, 2.75) is 31.4 Å². The van der Waals surface area contributed by atoms with Crippen LogP contribution in [0.5, 0.6) is 0 Å². The van der Waals surface area contributed by atoms with Gasteiger partial charge in [0.15, 0.2) is 5.82 Å². The van der Waals surface area contributed by atoms with Gasteiger partial charge >= 0.3 is 0 Å². The number of nitrogens with zero attached hydrogens (tertiary/aromatic N) is 3. The van der Waals surface area contributed by atoms with Gasteiger partial charge in [-0.1, -0.05) is 24.3 Å². The quantitative estimate of drug-likeness (QED) is 0.699. The van der Waals surface area contributed by atoms with Crippen molar-refractivity contribution in [2.24, 2.45) is 0 Å². The van der Waals surface area contributed by atoms with Crippen molar-refractivity contribution in [1.29, 1.82) is 0 Å². The Hall–Kier alpha value is -2.65. The highest BCUT2D eigenvalue weighted by Crippen LogP contribution is 2.26. The molecular weight excluding hydrogens is 373 g/mol. The molecule has 0 radical (unpaired) electrons. The predicted octanol–water partition coefficient (Wildman–Crippen LogP) is 2.90. The Bertz CT molecular complexity index is 962. The fraction of sp³-hybridized carbons (Fsp3) is 0.368. The number of aromatic nitrogens is 3. The number of nitrogens with one attached hydrogen (secondary N) is 1. The number of fused-ring (bicyclic) bond motifs is 1. The zero-order valence-electron chi connectivity index (χ0n) is 14.9. The summed E-state index contributed by atoms with van der Waals surface area (Å²) in [5.41, 5.74) is 1.83. The Kier molecular flexibility index (Phi) is 5.19. The number of hydrogen-bond donors (Lipinski definition) is 2. The van der Waals surface area contributed by atoms with Crippen LogP contribution in [0.3, 0.4) is 0 Å². The molecule has 28 heavy (non-hydrogen) atoms. The summed E-state index contributed by atoms with van der Waals surface area (Å²) in [6, 6.07) is 7.59. The van der Waals surface area contributed by atoms with Crippen LogP contribution in [0.15, 0.2) is 36.5 Å². The zero-order chi connectivity index (χ0) is 19.7. The Morgan fingerprint density at radius 3 is 2.79 bits per heavy atom. The number of alkyl halides is 2. The number of anilines is 1. The molecular formula is C19H19F3N4O2. The number of benzene rings is 1. The highest BCUT2D eigenvalue weighted by atomic mass is 19.3. The first-order valence-corrected chi connectivity index (χ1v) is 8.95. The van der Waals surface area contributed by atoms with Gasteiger partial charge in [-0.15, -0.1) is 5.10 Å². The maximum atomic E-state index is 14.3. The molecule has 1 aromatic carbocycles. The fourth-order valence-electron chi connectivity index (χ4n) is 3.27. The molecule has 3 heterocycles. The summed E-state index contributed by atoms with van der Waals surface area (Å²) in [7, 11) is 0. The van der Waals surface area contributed by atoms with Gasteiger partial charge in [0.25, 0.3) is 0 Å². The molecule has 0 unspecified atom stereocenters. The molecule has 3 aromatic rings. The number of halogens is 3. The maximum absolute atomic E-state index is 14.3. The van der Waals surface area contributed by atoms with E-state index in [1.165, 1.54) is 16.8 Å². The zero-order valence-corrected chi connectivity index (χ0v) is 14.9. The van der Waals surface area contributed by atoms with Crippen LogP contribution in [0.25, 0.3) is 16.8 Å².